The normalized spacial score (nSPS) is 10.5. The van der Waals surface area contributed by atoms with Crippen molar-refractivity contribution in [3.63, 3.8) is 0 Å². The SMILES string of the molecule is N#CCCN(Cc1ccco1)C(=O)Cn1nc(-c2ccc(F)cc2)oc1=O. The molecule has 0 aliphatic carbocycles. The molecular formula is C18H15FN4O4. The lowest BCUT2D eigenvalue weighted by atomic mass is 10.2. The Balaban J connectivity index is 1.76. The van der Waals surface area contributed by atoms with Gasteiger partial charge in [0.05, 0.1) is 25.3 Å². The van der Waals surface area contributed by atoms with Gasteiger partial charge in [0.1, 0.15) is 18.1 Å². The standard InChI is InChI=1S/C18H15FN4O4/c19-14-6-4-13(5-7-14)17-21-23(18(25)27-17)12-16(24)22(9-2-8-20)11-15-3-1-10-26-15/h1,3-7,10H,2,9,11-12H2. The fraction of sp³-hybridized carbons (Fsp3) is 0.222. The number of nitriles is 1. The number of carbonyl (C=O) groups is 1. The van der Waals surface area contributed by atoms with Crippen LogP contribution in [0.5, 0.6) is 0 Å². The number of benzene rings is 1. The zero-order valence-corrected chi connectivity index (χ0v) is 14.2. The molecule has 0 N–H and O–H groups in total. The van der Waals surface area contributed by atoms with E-state index < -0.39 is 17.5 Å². The first kappa shape index (κ1) is 18.1. The molecule has 1 amide bonds. The minimum absolute atomic E-state index is 0.0117. The van der Waals surface area contributed by atoms with E-state index in [0.717, 1.165) is 4.68 Å². The summed E-state index contributed by atoms with van der Waals surface area (Å²) in [7, 11) is 0. The van der Waals surface area contributed by atoms with Crippen molar-refractivity contribution in [2.75, 3.05) is 6.54 Å². The molecule has 0 bridgehead atoms. The first-order valence-corrected chi connectivity index (χ1v) is 8.08. The molecule has 0 radical (unpaired) electrons. The summed E-state index contributed by atoms with van der Waals surface area (Å²) in [5, 5.41) is 12.8. The number of nitrogens with zero attached hydrogens (tertiary/aromatic N) is 4. The van der Waals surface area contributed by atoms with Gasteiger partial charge in [0.2, 0.25) is 11.8 Å². The van der Waals surface area contributed by atoms with Crippen LogP contribution in [-0.4, -0.2) is 27.1 Å². The molecule has 0 atom stereocenters. The van der Waals surface area contributed by atoms with Crippen LogP contribution in [0, 0.1) is 17.1 Å². The van der Waals surface area contributed by atoms with Crippen molar-refractivity contribution in [1.82, 2.24) is 14.7 Å². The topological polar surface area (TPSA) is 105 Å². The molecule has 0 fully saturated rings. The molecule has 0 spiro atoms. The van der Waals surface area contributed by atoms with E-state index in [2.05, 4.69) is 5.10 Å². The molecule has 0 aliphatic rings. The molecule has 138 valence electrons. The Kier molecular flexibility index (Phi) is 5.47. The number of furan rings is 1. The molecule has 3 aromatic rings. The molecule has 2 heterocycles. The zero-order valence-electron chi connectivity index (χ0n) is 14.2. The molecule has 9 heteroatoms. The van der Waals surface area contributed by atoms with Crippen LogP contribution in [-0.2, 0) is 17.9 Å². The lowest BCUT2D eigenvalue weighted by molar-refractivity contribution is -0.133. The van der Waals surface area contributed by atoms with Crippen molar-refractivity contribution in [2.45, 2.75) is 19.5 Å². The maximum Gasteiger partial charge on any atom is 0.437 e. The first-order valence-electron chi connectivity index (χ1n) is 8.08. The van der Waals surface area contributed by atoms with Crippen LogP contribution in [0.2, 0.25) is 0 Å². The quantitative estimate of drug-likeness (QED) is 0.631. The summed E-state index contributed by atoms with van der Waals surface area (Å²) in [5.41, 5.74) is 0.414. The van der Waals surface area contributed by atoms with Crippen molar-refractivity contribution in [3.8, 4) is 17.5 Å². The minimum Gasteiger partial charge on any atom is -0.467 e. The van der Waals surface area contributed by atoms with Gasteiger partial charge >= 0.3 is 5.76 Å². The summed E-state index contributed by atoms with van der Waals surface area (Å²) < 4.78 is 24.2. The summed E-state index contributed by atoms with van der Waals surface area (Å²) in [6, 6.07) is 10.7. The van der Waals surface area contributed by atoms with Gasteiger partial charge < -0.3 is 13.7 Å². The number of hydrogen-bond donors (Lipinski definition) is 0. The summed E-state index contributed by atoms with van der Waals surface area (Å²) in [6.45, 7) is 0.00799. The molecule has 3 rings (SSSR count). The van der Waals surface area contributed by atoms with Crippen LogP contribution in [0.3, 0.4) is 0 Å². The number of rotatable bonds is 7. The second-order valence-electron chi connectivity index (χ2n) is 5.64. The maximum atomic E-state index is 13.0. The van der Waals surface area contributed by atoms with Crippen LogP contribution in [0.15, 0.2) is 56.3 Å². The molecule has 8 nitrogen and oxygen atoms in total. The number of halogens is 1. The van der Waals surface area contributed by atoms with Crippen molar-refractivity contribution >= 4 is 5.91 Å². The van der Waals surface area contributed by atoms with Gasteiger partial charge in [-0.25, -0.2) is 9.18 Å². The fourth-order valence-corrected chi connectivity index (χ4v) is 2.41. The maximum absolute atomic E-state index is 13.0. The third-order valence-electron chi connectivity index (χ3n) is 3.76. The smallest absolute Gasteiger partial charge is 0.437 e. The summed E-state index contributed by atoms with van der Waals surface area (Å²) in [6.07, 6.45) is 1.63. The van der Waals surface area contributed by atoms with Gasteiger partial charge in [-0.3, -0.25) is 4.79 Å². The van der Waals surface area contributed by atoms with Gasteiger partial charge in [-0.05, 0) is 36.4 Å². The molecule has 1 aromatic carbocycles. The largest absolute Gasteiger partial charge is 0.467 e. The van der Waals surface area contributed by atoms with E-state index in [-0.39, 0.29) is 31.9 Å². The van der Waals surface area contributed by atoms with E-state index in [1.807, 2.05) is 6.07 Å². The third-order valence-corrected chi connectivity index (χ3v) is 3.76. The van der Waals surface area contributed by atoms with Gasteiger partial charge in [-0.15, -0.1) is 5.10 Å². The van der Waals surface area contributed by atoms with E-state index in [0.29, 0.717) is 11.3 Å². The molecule has 0 saturated carbocycles. The number of aromatic nitrogens is 2. The van der Waals surface area contributed by atoms with E-state index in [4.69, 9.17) is 14.1 Å². The van der Waals surface area contributed by atoms with Crippen LogP contribution < -0.4 is 5.76 Å². The van der Waals surface area contributed by atoms with Crippen LogP contribution in [0.1, 0.15) is 12.2 Å². The Labute approximate surface area is 153 Å². The van der Waals surface area contributed by atoms with Crippen LogP contribution in [0.4, 0.5) is 4.39 Å². The highest BCUT2D eigenvalue weighted by atomic mass is 19.1. The van der Waals surface area contributed by atoms with Gasteiger partial charge in [-0.2, -0.15) is 9.94 Å². The summed E-state index contributed by atoms with van der Waals surface area (Å²) >= 11 is 0. The van der Waals surface area contributed by atoms with Gasteiger partial charge in [0.15, 0.2) is 0 Å². The Hall–Kier alpha value is -3.67. The highest BCUT2D eigenvalue weighted by Crippen LogP contribution is 2.15. The molecular weight excluding hydrogens is 355 g/mol. The summed E-state index contributed by atoms with van der Waals surface area (Å²) in [4.78, 5) is 26.0. The van der Waals surface area contributed by atoms with E-state index in [9.17, 15) is 14.0 Å². The fourth-order valence-electron chi connectivity index (χ4n) is 2.41. The van der Waals surface area contributed by atoms with Crippen molar-refractivity contribution in [1.29, 1.82) is 5.26 Å². The average Bonchev–Trinajstić information content (AvgIpc) is 3.29. The Bertz CT molecular complexity index is 999. The van der Waals surface area contributed by atoms with E-state index in [1.165, 1.54) is 35.4 Å². The Morgan fingerprint density at radius 3 is 2.74 bits per heavy atom. The third kappa shape index (κ3) is 4.49. The highest BCUT2D eigenvalue weighted by Gasteiger charge is 2.19. The van der Waals surface area contributed by atoms with Crippen LogP contribution >= 0.6 is 0 Å². The Morgan fingerprint density at radius 2 is 2.07 bits per heavy atom. The second kappa shape index (κ2) is 8.14. The monoisotopic (exact) mass is 370 g/mol. The average molecular weight is 370 g/mol. The van der Waals surface area contributed by atoms with Crippen molar-refractivity contribution in [2.24, 2.45) is 0 Å². The van der Waals surface area contributed by atoms with Gasteiger partial charge in [0, 0.05) is 12.1 Å². The minimum atomic E-state index is -0.805. The number of carbonyl (C=O) groups excluding carboxylic acids is 1. The number of hydrogen-bond acceptors (Lipinski definition) is 6. The van der Waals surface area contributed by atoms with Crippen molar-refractivity contribution < 1.29 is 18.0 Å². The summed E-state index contributed by atoms with van der Waals surface area (Å²) in [5.74, 6) is -1.10. The predicted molar refractivity (Wildman–Crippen MR) is 90.5 cm³/mol. The molecule has 0 saturated heterocycles. The predicted octanol–water partition coefficient (Wildman–Crippen LogP) is 2.18. The molecule has 2 aromatic heterocycles. The second-order valence-corrected chi connectivity index (χ2v) is 5.64. The Morgan fingerprint density at radius 1 is 1.30 bits per heavy atom. The molecule has 0 unspecified atom stereocenters. The van der Waals surface area contributed by atoms with Gasteiger partial charge in [0.25, 0.3) is 0 Å². The van der Waals surface area contributed by atoms with Crippen LogP contribution in [0.25, 0.3) is 11.5 Å². The zero-order chi connectivity index (χ0) is 19.2. The number of amides is 1. The van der Waals surface area contributed by atoms with Crippen molar-refractivity contribution in [3.05, 3.63) is 64.8 Å². The lowest BCUT2D eigenvalue weighted by Crippen LogP contribution is -2.36. The highest BCUT2D eigenvalue weighted by molar-refractivity contribution is 5.75. The van der Waals surface area contributed by atoms with E-state index >= 15 is 0 Å². The lowest BCUT2D eigenvalue weighted by Gasteiger charge is -2.20. The van der Waals surface area contributed by atoms with Gasteiger partial charge in [-0.1, -0.05) is 0 Å². The first-order chi connectivity index (χ1) is 13.1. The van der Waals surface area contributed by atoms with E-state index in [1.54, 1.807) is 12.1 Å². The molecule has 27 heavy (non-hydrogen) atoms. The molecule has 0 aliphatic heterocycles.